The molecule has 1 aromatic carbocycles. The lowest BCUT2D eigenvalue weighted by Crippen LogP contribution is -2.50. The first-order valence-electron chi connectivity index (χ1n) is 13.8. The Balaban J connectivity index is 1.29. The second-order valence-corrected chi connectivity index (χ2v) is 13.0. The van der Waals surface area contributed by atoms with Gasteiger partial charge in [-0.15, -0.1) is 0 Å². The van der Waals surface area contributed by atoms with E-state index in [0.29, 0.717) is 16.7 Å². The fraction of sp³-hybridized carbons (Fsp3) is 0.742. The van der Waals surface area contributed by atoms with Gasteiger partial charge in [-0.1, -0.05) is 62.8 Å². The minimum atomic E-state index is -0.739. The van der Waals surface area contributed by atoms with E-state index in [2.05, 4.69) is 39.0 Å². The summed E-state index contributed by atoms with van der Waals surface area (Å²) in [4.78, 5) is 0. The SMILES string of the molecule is C[C@@H](CC[C@](C)(O)c1ccccc1)[C@H]1CC[C@H]2[C@@H]3CC=C4C[C@@H](O)CC[C@]4(C)[C@H]3CC[C@]12C. The van der Waals surface area contributed by atoms with Crippen LogP contribution >= 0.6 is 0 Å². The molecule has 2 N–H and O–H groups in total. The van der Waals surface area contributed by atoms with Crippen molar-refractivity contribution in [2.24, 2.45) is 40.4 Å². The highest BCUT2D eigenvalue weighted by molar-refractivity contribution is 5.25. The molecule has 33 heavy (non-hydrogen) atoms. The summed E-state index contributed by atoms with van der Waals surface area (Å²) >= 11 is 0. The molecule has 0 bridgehead atoms. The third-order valence-corrected chi connectivity index (χ3v) is 11.3. The van der Waals surface area contributed by atoms with Gasteiger partial charge in [-0.3, -0.25) is 0 Å². The van der Waals surface area contributed by atoms with Gasteiger partial charge in [-0.2, -0.15) is 0 Å². The van der Waals surface area contributed by atoms with Crippen molar-refractivity contribution in [3.63, 3.8) is 0 Å². The smallest absolute Gasteiger partial charge is 0.0868 e. The molecule has 3 saturated carbocycles. The fourth-order valence-corrected chi connectivity index (χ4v) is 9.27. The number of hydrogen-bond acceptors (Lipinski definition) is 2. The van der Waals surface area contributed by atoms with E-state index in [1.165, 1.54) is 38.5 Å². The fourth-order valence-electron chi connectivity index (χ4n) is 9.27. The van der Waals surface area contributed by atoms with E-state index in [4.69, 9.17) is 0 Å². The summed E-state index contributed by atoms with van der Waals surface area (Å²) in [5.41, 5.74) is 2.67. The van der Waals surface area contributed by atoms with Gasteiger partial charge in [0.25, 0.3) is 0 Å². The number of aliphatic hydroxyl groups excluding tert-OH is 1. The van der Waals surface area contributed by atoms with E-state index in [1.54, 1.807) is 5.57 Å². The van der Waals surface area contributed by atoms with Gasteiger partial charge in [0.15, 0.2) is 0 Å². The second kappa shape index (κ2) is 8.52. The summed E-state index contributed by atoms with van der Waals surface area (Å²) in [6, 6.07) is 10.2. The highest BCUT2D eigenvalue weighted by Crippen LogP contribution is 2.67. The summed E-state index contributed by atoms with van der Waals surface area (Å²) in [5, 5.41) is 21.4. The Morgan fingerprint density at radius 1 is 1.03 bits per heavy atom. The largest absolute Gasteiger partial charge is 0.393 e. The first-order chi connectivity index (χ1) is 15.6. The van der Waals surface area contributed by atoms with Crippen LogP contribution in [-0.4, -0.2) is 16.3 Å². The van der Waals surface area contributed by atoms with E-state index in [0.717, 1.165) is 54.9 Å². The molecule has 4 aliphatic rings. The quantitative estimate of drug-likeness (QED) is 0.464. The molecule has 2 nitrogen and oxygen atoms in total. The average Bonchev–Trinajstić information content (AvgIpc) is 3.16. The topological polar surface area (TPSA) is 40.5 Å². The Morgan fingerprint density at radius 3 is 2.55 bits per heavy atom. The van der Waals surface area contributed by atoms with Gasteiger partial charge < -0.3 is 10.2 Å². The number of fused-ring (bicyclic) bond motifs is 5. The normalized spacial score (nSPS) is 43.0. The molecule has 182 valence electrons. The van der Waals surface area contributed by atoms with Crippen molar-refractivity contribution in [1.82, 2.24) is 0 Å². The average molecular weight is 451 g/mol. The molecule has 9 atom stereocenters. The molecule has 5 rings (SSSR count). The van der Waals surface area contributed by atoms with E-state index in [-0.39, 0.29) is 6.10 Å². The molecule has 0 aromatic heterocycles. The molecule has 0 heterocycles. The van der Waals surface area contributed by atoms with Crippen LogP contribution in [-0.2, 0) is 5.60 Å². The van der Waals surface area contributed by atoms with Gasteiger partial charge in [-0.05, 0) is 117 Å². The van der Waals surface area contributed by atoms with Gasteiger partial charge in [0.05, 0.1) is 11.7 Å². The number of aliphatic hydroxyl groups is 2. The van der Waals surface area contributed by atoms with Crippen molar-refractivity contribution in [2.45, 2.75) is 104 Å². The zero-order valence-corrected chi connectivity index (χ0v) is 21.4. The maximum atomic E-state index is 11.2. The first-order valence-corrected chi connectivity index (χ1v) is 13.8. The summed E-state index contributed by atoms with van der Waals surface area (Å²) in [5.74, 6) is 3.93. The van der Waals surface area contributed by atoms with Crippen LogP contribution in [0, 0.1) is 40.4 Å². The zero-order chi connectivity index (χ0) is 23.4. The number of hydrogen-bond donors (Lipinski definition) is 2. The predicted molar refractivity (Wildman–Crippen MR) is 136 cm³/mol. The lowest BCUT2D eigenvalue weighted by atomic mass is 9.47. The van der Waals surface area contributed by atoms with Gasteiger partial charge >= 0.3 is 0 Å². The molecule has 0 amide bonds. The van der Waals surface area contributed by atoms with Gasteiger partial charge in [0.1, 0.15) is 0 Å². The maximum absolute atomic E-state index is 11.2. The molecular weight excluding hydrogens is 404 g/mol. The summed E-state index contributed by atoms with van der Waals surface area (Å²) in [7, 11) is 0. The highest BCUT2D eigenvalue weighted by Gasteiger charge is 2.59. The second-order valence-electron chi connectivity index (χ2n) is 13.0. The van der Waals surface area contributed by atoms with E-state index in [1.807, 2.05) is 25.1 Å². The summed E-state index contributed by atoms with van der Waals surface area (Å²) in [6.07, 6.45) is 14.2. The first kappa shape index (κ1) is 23.6. The van der Waals surface area contributed by atoms with Crippen molar-refractivity contribution in [3.05, 3.63) is 47.5 Å². The summed E-state index contributed by atoms with van der Waals surface area (Å²) < 4.78 is 0. The Labute approximate surface area is 201 Å². The van der Waals surface area contributed by atoms with Gasteiger partial charge in [0.2, 0.25) is 0 Å². The van der Waals surface area contributed by atoms with Crippen LogP contribution in [0.3, 0.4) is 0 Å². The van der Waals surface area contributed by atoms with E-state index >= 15 is 0 Å². The lowest BCUT2D eigenvalue weighted by molar-refractivity contribution is -0.0589. The van der Waals surface area contributed by atoms with E-state index in [9.17, 15) is 10.2 Å². The van der Waals surface area contributed by atoms with Crippen LogP contribution in [0.15, 0.2) is 42.0 Å². The molecule has 2 heteroatoms. The van der Waals surface area contributed by atoms with Crippen molar-refractivity contribution >= 4 is 0 Å². The van der Waals surface area contributed by atoms with Crippen molar-refractivity contribution in [3.8, 4) is 0 Å². The van der Waals surface area contributed by atoms with Crippen molar-refractivity contribution in [2.75, 3.05) is 0 Å². The predicted octanol–water partition coefficient (Wildman–Crippen LogP) is 7.25. The van der Waals surface area contributed by atoms with Crippen LogP contribution in [0.25, 0.3) is 0 Å². The molecule has 0 saturated heterocycles. The third kappa shape index (κ3) is 3.94. The zero-order valence-electron chi connectivity index (χ0n) is 21.4. The molecule has 3 fully saturated rings. The minimum absolute atomic E-state index is 0.112. The van der Waals surface area contributed by atoms with Gasteiger partial charge in [0, 0.05) is 0 Å². The van der Waals surface area contributed by atoms with Crippen LogP contribution in [0.5, 0.6) is 0 Å². The minimum Gasteiger partial charge on any atom is -0.393 e. The van der Waals surface area contributed by atoms with Crippen LogP contribution in [0.2, 0.25) is 0 Å². The number of benzene rings is 1. The molecule has 4 aliphatic carbocycles. The lowest BCUT2D eigenvalue weighted by Gasteiger charge is -2.58. The number of allylic oxidation sites excluding steroid dienone is 1. The Hall–Kier alpha value is -1.12. The molecule has 0 aliphatic heterocycles. The number of rotatable bonds is 5. The highest BCUT2D eigenvalue weighted by atomic mass is 16.3. The Kier molecular flexibility index (Phi) is 6.10. The van der Waals surface area contributed by atoms with Gasteiger partial charge in [-0.25, -0.2) is 0 Å². The standard InChI is InChI=1S/C31H46O2/c1-21(14-19-31(4,33)22-8-6-5-7-9-22)26-12-13-27-25-11-10-23-20-24(32)15-17-29(23,2)28(25)16-18-30(26,27)3/h5-10,21,24-28,32-33H,11-20H2,1-4H3/t21-,24-,25-,26+,27-,28-,29-,30+,31-/m0/s1. The molecule has 1 aromatic rings. The monoisotopic (exact) mass is 450 g/mol. The van der Waals surface area contributed by atoms with Crippen LogP contribution < -0.4 is 0 Å². The van der Waals surface area contributed by atoms with Crippen LogP contribution in [0.4, 0.5) is 0 Å². The third-order valence-electron chi connectivity index (χ3n) is 11.3. The van der Waals surface area contributed by atoms with E-state index < -0.39 is 5.60 Å². The maximum Gasteiger partial charge on any atom is 0.0868 e. The molecule has 0 radical (unpaired) electrons. The molecule has 0 spiro atoms. The molecule has 0 unspecified atom stereocenters. The summed E-state index contributed by atoms with van der Waals surface area (Å²) in [6.45, 7) is 9.62. The van der Waals surface area contributed by atoms with Crippen molar-refractivity contribution < 1.29 is 10.2 Å². The van der Waals surface area contributed by atoms with Crippen LogP contribution in [0.1, 0.15) is 97.5 Å². The Bertz CT molecular complexity index is 872. The molecular formula is C31H46O2. The van der Waals surface area contributed by atoms with Crippen molar-refractivity contribution in [1.29, 1.82) is 0 Å². The Morgan fingerprint density at radius 2 is 1.79 bits per heavy atom.